The largest absolute Gasteiger partial charge is 0.493 e. The van der Waals surface area contributed by atoms with Gasteiger partial charge < -0.3 is 9.47 Å². The summed E-state index contributed by atoms with van der Waals surface area (Å²) in [6.07, 6.45) is 4.12. The first-order chi connectivity index (χ1) is 12.8. The molecule has 3 aromatic rings. The number of aromatic nitrogens is 1. The Balaban J connectivity index is 1.64. The highest BCUT2D eigenvalue weighted by molar-refractivity contribution is 7.12. The van der Waals surface area contributed by atoms with Crippen molar-refractivity contribution in [1.29, 1.82) is 0 Å². The lowest BCUT2D eigenvalue weighted by molar-refractivity contribution is -0.0211. The topological polar surface area (TPSA) is 47.0 Å². The smallest absolute Gasteiger partial charge is 0.215 e. The molecule has 2 aliphatic rings. The zero-order chi connectivity index (χ0) is 17.5. The fraction of sp³-hybridized carbons (Fsp3) is 0.200. The average molecular weight is 363 g/mol. The highest BCUT2D eigenvalue weighted by Gasteiger charge is 2.42. The molecule has 0 fully saturated rings. The summed E-state index contributed by atoms with van der Waals surface area (Å²) in [6, 6.07) is 14.3. The zero-order valence-corrected chi connectivity index (χ0v) is 15.0. The first kappa shape index (κ1) is 15.4. The second kappa shape index (κ2) is 6.14. The molecule has 5 rings (SSSR count). The Labute approximate surface area is 155 Å². The van der Waals surface area contributed by atoms with Crippen molar-refractivity contribution in [3.63, 3.8) is 0 Å². The molecule has 4 heterocycles. The van der Waals surface area contributed by atoms with E-state index >= 15 is 0 Å². The van der Waals surface area contributed by atoms with Crippen molar-refractivity contribution in [2.45, 2.75) is 18.7 Å². The van der Waals surface area contributed by atoms with Crippen LogP contribution in [-0.2, 0) is 0 Å². The summed E-state index contributed by atoms with van der Waals surface area (Å²) >= 11 is 1.72. The zero-order valence-electron chi connectivity index (χ0n) is 14.2. The minimum Gasteiger partial charge on any atom is -0.493 e. The highest BCUT2D eigenvalue weighted by atomic mass is 32.1. The Hall–Kier alpha value is -2.86. The monoisotopic (exact) mass is 363 g/mol. The van der Waals surface area contributed by atoms with Gasteiger partial charge in [0.2, 0.25) is 6.23 Å². The predicted octanol–water partition coefficient (Wildman–Crippen LogP) is 4.39. The number of benzene rings is 1. The van der Waals surface area contributed by atoms with Crippen molar-refractivity contribution in [2.75, 3.05) is 7.11 Å². The second-order valence-electron chi connectivity index (χ2n) is 6.26. The van der Waals surface area contributed by atoms with Gasteiger partial charge in [-0.25, -0.2) is 5.01 Å². The van der Waals surface area contributed by atoms with Gasteiger partial charge in [-0.1, -0.05) is 24.3 Å². The Morgan fingerprint density at radius 1 is 1.19 bits per heavy atom. The number of para-hydroxylation sites is 1. The van der Waals surface area contributed by atoms with Crippen LogP contribution >= 0.6 is 11.3 Å². The predicted molar refractivity (Wildman–Crippen MR) is 101 cm³/mol. The van der Waals surface area contributed by atoms with Gasteiger partial charge in [-0.15, -0.1) is 11.3 Å². The van der Waals surface area contributed by atoms with E-state index in [0.29, 0.717) is 0 Å². The minimum absolute atomic E-state index is 0.121. The molecule has 0 saturated carbocycles. The van der Waals surface area contributed by atoms with Crippen molar-refractivity contribution in [2.24, 2.45) is 5.10 Å². The third-order valence-electron chi connectivity index (χ3n) is 4.78. The summed E-state index contributed by atoms with van der Waals surface area (Å²) < 4.78 is 11.9. The van der Waals surface area contributed by atoms with Crippen molar-refractivity contribution in [3.05, 3.63) is 76.2 Å². The summed E-state index contributed by atoms with van der Waals surface area (Å²) in [7, 11) is 1.67. The molecular formula is C20H17N3O2S. The third kappa shape index (κ3) is 2.37. The lowest BCUT2D eigenvalue weighted by atomic mass is 9.97. The van der Waals surface area contributed by atoms with E-state index in [2.05, 4.69) is 33.6 Å². The Kier molecular flexibility index (Phi) is 3.64. The standard InChI is InChI=1S/C20H17N3O2S/c1-24-17-7-2-6-14-16-11-15(18-8-4-10-26-18)22-23(16)20(25-19(14)17)13-5-3-9-21-12-13/h2-10,12,16,20H,11H2,1H3/t16-,20-/m1/s1. The van der Waals surface area contributed by atoms with Crippen LogP contribution in [0.2, 0.25) is 0 Å². The number of hydrogen-bond acceptors (Lipinski definition) is 6. The van der Waals surface area contributed by atoms with E-state index in [1.807, 2.05) is 30.5 Å². The summed E-state index contributed by atoms with van der Waals surface area (Å²) in [5.74, 6) is 1.55. The number of nitrogens with zero attached hydrogens (tertiary/aromatic N) is 3. The van der Waals surface area contributed by atoms with Crippen molar-refractivity contribution >= 4 is 17.0 Å². The Morgan fingerprint density at radius 3 is 2.92 bits per heavy atom. The summed E-state index contributed by atoms with van der Waals surface area (Å²) in [6.45, 7) is 0. The lowest BCUT2D eigenvalue weighted by Crippen LogP contribution is -2.33. The fourth-order valence-electron chi connectivity index (χ4n) is 3.58. The Bertz CT molecular complexity index is 956. The molecule has 2 aliphatic heterocycles. The molecule has 0 spiro atoms. The van der Waals surface area contributed by atoms with Crippen LogP contribution in [0.4, 0.5) is 0 Å². The molecule has 0 radical (unpaired) electrons. The van der Waals surface area contributed by atoms with Crippen molar-refractivity contribution in [1.82, 2.24) is 9.99 Å². The van der Waals surface area contributed by atoms with Crippen molar-refractivity contribution in [3.8, 4) is 11.5 Å². The lowest BCUT2D eigenvalue weighted by Gasteiger charge is -2.38. The molecule has 1 aromatic carbocycles. The van der Waals surface area contributed by atoms with Gasteiger partial charge >= 0.3 is 0 Å². The molecule has 2 atom stereocenters. The first-order valence-corrected chi connectivity index (χ1v) is 9.36. The van der Waals surface area contributed by atoms with Gasteiger partial charge in [-0.2, -0.15) is 5.10 Å². The second-order valence-corrected chi connectivity index (χ2v) is 7.21. The summed E-state index contributed by atoms with van der Waals surface area (Å²) in [4.78, 5) is 5.46. The van der Waals surface area contributed by atoms with Gasteiger partial charge in [0.1, 0.15) is 0 Å². The van der Waals surface area contributed by atoms with E-state index in [9.17, 15) is 0 Å². The van der Waals surface area contributed by atoms with Crippen LogP contribution in [0.1, 0.15) is 34.7 Å². The van der Waals surface area contributed by atoms with E-state index in [4.69, 9.17) is 14.6 Å². The van der Waals surface area contributed by atoms with E-state index < -0.39 is 0 Å². The van der Waals surface area contributed by atoms with Gasteiger partial charge in [0, 0.05) is 29.9 Å². The van der Waals surface area contributed by atoms with Crippen LogP contribution in [0.3, 0.4) is 0 Å². The molecule has 0 N–H and O–H groups in total. The van der Waals surface area contributed by atoms with E-state index in [1.54, 1.807) is 24.6 Å². The van der Waals surface area contributed by atoms with Crippen LogP contribution in [0.25, 0.3) is 0 Å². The van der Waals surface area contributed by atoms with Crippen molar-refractivity contribution < 1.29 is 9.47 Å². The molecule has 130 valence electrons. The van der Waals surface area contributed by atoms with E-state index in [-0.39, 0.29) is 12.3 Å². The van der Waals surface area contributed by atoms with Gasteiger partial charge in [0.05, 0.1) is 23.7 Å². The number of ether oxygens (including phenoxy) is 2. The summed E-state index contributed by atoms with van der Waals surface area (Å²) in [5, 5.41) is 9.08. The van der Waals surface area contributed by atoms with Crippen LogP contribution in [0, 0.1) is 0 Å². The molecular weight excluding hydrogens is 346 g/mol. The molecule has 2 aromatic heterocycles. The molecule has 26 heavy (non-hydrogen) atoms. The third-order valence-corrected chi connectivity index (χ3v) is 5.69. The van der Waals surface area contributed by atoms with Crippen LogP contribution in [0.15, 0.2) is 65.3 Å². The molecule has 0 unspecified atom stereocenters. The molecule has 0 saturated heterocycles. The number of pyridine rings is 1. The van der Waals surface area contributed by atoms with Gasteiger partial charge in [-0.05, 0) is 23.6 Å². The fourth-order valence-corrected chi connectivity index (χ4v) is 4.30. The van der Waals surface area contributed by atoms with E-state index in [0.717, 1.165) is 34.8 Å². The number of hydrazone groups is 1. The van der Waals surface area contributed by atoms with Crippen LogP contribution < -0.4 is 9.47 Å². The van der Waals surface area contributed by atoms with Gasteiger partial charge in [-0.3, -0.25) is 4.98 Å². The van der Waals surface area contributed by atoms with Crippen LogP contribution in [-0.4, -0.2) is 22.8 Å². The molecule has 5 nitrogen and oxygen atoms in total. The number of fused-ring (bicyclic) bond motifs is 3. The minimum atomic E-state index is -0.324. The quantitative estimate of drug-likeness (QED) is 0.692. The SMILES string of the molecule is COc1cccc2c1O[C@H](c1cccnc1)N1N=C(c3cccs3)C[C@H]21. The molecule has 0 amide bonds. The maximum atomic E-state index is 6.38. The number of thiophene rings is 1. The normalized spacial score (nSPS) is 20.8. The molecule has 0 aliphatic carbocycles. The number of rotatable bonds is 3. The molecule has 6 heteroatoms. The summed E-state index contributed by atoms with van der Waals surface area (Å²) in [5.41, 5.74) is 3.18. The first-order valence-electron chi connectivity index (χ1n) is 8.48. The Morgan fingerprint density at radius 2 is 2.15 bits per heavy atom. The number of hydrogen-bond donors (Lipinski definition) is 0. The number of methoxy groups -OCH3 is 1. The van der Waals surface area contributed by atoms with Crippen LogP contribution in [0.5, 0.6) is 11.5 Å². The molecule has 0 bridgehead atoms. The average Bonchev–Trinajstić information content (AvgIpc) is 3.37. The van der Waals surface area contributed by atoms with E-state index in [1.165, 1.54) is 4.88 Å². The maximum absolute atomic E-state index is 6.38. The maximum Gasteiger partial charge on any atom is 0.215 e. The van der Waals surface area contributed by atoms with Gasteiger partial charge in [0.25, 0.3) is 0 Å². The van der Waals surface area contributed by atoms with Gasteiger partial charge in [0.15, 0.2) is 11.5 Å². The highest BCUT2D eigenvalue weighted by Crippen LogP contribution is 2.50.